The van der Waals surface area contributed by atoms with Crippen molar-refractivity contribution in [2.75, 3.05) is 0 Å². The summed E-state index contributed by atoms with van der Waals surface area (Å²) in [5.74, 6) is 0. The molecule has 3 heteroatoms. The monoisotopic (exact) mass is 162 g/mol. The van der Waals surface area contributed by atoms with Crippen molar-refractivity contribution in [1.82, 2.24) is 0 Å². The van der Waals surface area contributed by atoms with Crippen LogP contribution in [0, 0.1) is 0 Å². The van der Waals surface area contributed by atoms with E-state index in [2.05, 4.69) is 8.86 Å². The van der Waals surface area contributed by atoms with Gasteiger partial charge in [0.2, 0.25) is 0 Å². The Balaban J connectivity index is 0. The van der Waals surface area contributed by atoms with E-state index >= 15 is 0 Å². The zero-order valence-corrected chi connectivity index (χ0v) is 4.50. The normalized spacial score (nSPS) is 2.00. The van der Waals surface area contributed by atoms with Crippen LogP contribution in [0.1, 0.15) is 0 Å². The van der Waals surface area contributed by atoms with Crippen LogP contribution in [0.4, 0.5) is 0 Å². The second-order valence-electron chi connectivity index (χ2n) is 0.102. The summed E-state index contributed by atoms with van der Waals surface area (Å²) in [6, 6.07) is 0. The number of carbonyl (C=O) groups excluding carboxylic acids is 1. The fraction of sp³-hybridized carbons (Fsp3) is 0. The first kappa shape index (κ1) is 8.82. The van der Waals surface area contributed by atoms with Gasteiger partial charge in [-0.25, -0.2) is 4.79 Å². The van der Waals surface area contributed by atoms with Gasteiger partial charge in [-0.05, 0) is 8.86 Å². The third-order valence-corrected chi connectivity index (χ3v) is 0. The second kappa shape index (κ2) is 9.71. The van der Waals surface area contributed by atoms with Gasteiger partial charge in [-0.1, -0.05) is 0 Å². The fourth-order valence-corrected chi connectivity index (χ4v) is 0. The molecule has 0 amide bonds. The number of hydrogen-bond acceptors (Lipinski definition) is 1. The molecule has 1 nitrogen and oxygen atoms in total. The smallest absolute Gasteiger partial charge is 0.146 e. The summed E-state index contributed by atoms with van der Waals surface area (Å²) in [5.41, 5.74) is 1.31. The Morgan fingerprint density at radius 3 is 1.75 bits per heavy atom. The van der Waals surface area contributed by atoms with E-state index in [0.717, 1.165) is 0 Å². The Morgan fingerprint density at radius 1 is 1.75 bits per heavy atom. The summed E-state index contributed by atoms with van der Waals surface area (Å²) in [6.45, 7) is 0. The Kier molecular flexibility index (Phi) is 21.4. The average Bonchev–Trinajstić information content (AvgIpc) is 0.918. The summed E-state index contributed by atoms with van der Waals surface area (Å²) < 4.78 is 0. The van der Waals surface area contributed by atoms with Crippen LogP contribution in [0.25, 0.3) is 0 Å². The first-order valence-corrected chi connectivity index (χ1v) is 0.954. The van der Waals surface area contributed by atoms with Crippen LogP contribution < -0.4 is 0 Å². The Hall–Kier alpha value is 0.503. The van der Waals surface area contributed by atoms with Crippen molar-refractivity contribution in [3.05, 3.63) is 0 Å². The van der Waals surface area contributed by atoms with Crippen LogP contribution in [-0.4, -0.2) is 5.66 Å². The Morgan fingerprint density at radius 2 is 1.75 bits per heavy atom. The van der Waals surface area contributed by atoms with Gasteiger partial charge in [0.1, 0.15) is 5.66 Å². The molecule has 4 heavy (non-hydrogen) atoms. The molecule has 0 unspecified atom stereocenters. The molecule has 0 aromatic carbocycles. The van der Waals surface area contributed by atoms with E-state index in [1.165, 1.54) is 5.66 Å². The van der Waals surface area contributed by atoms with Crippen molar-refractivity contribution < 1.29 is 24.3 Å². The molecular weight excluding hydrogens is 160 g/mol. The first-order chi connectivity index (χ1) is 1.41. The minimum atomic E-state index is 0. The van der Waals surface area contributed by atoms with E-state index in [0.29, 0.717) is 0 Å². The third-order valence-electron chi connectivity index (χ3n) is 0. The summed E-state index contributed by atoms with van der Waals surface area (Å²) >= 11 is 0. The number of rotatable bonds is 0. The van der Waals surface area contributed by atoms with Crippen molar-refractivity contribution in [3.8, 4) is 0 Å². The van der Waals surface area contributed by atoms with Crippen molar-refractivity contribution in [2.45, 2.75) is 0 Å². The Bertz CT molecular complexity index is 29.0. The zero-order valence-electron chi connectivity index (χ0n) is 1.76. The van der Waals surface area contributed by atoms with E-state index in [1.807, 2.05) is 0 Å². The van der Waals surface area contributed by atoms with Crippen LogP contribution >= 0.6 is 8.86 Å². The maximum absolute atomic E-state index is 8.59. The van der Waals surface area contributed by atoms with Crippen LogP contribution in [0.15, 0.2) is 0 Å². The van der Waals surface area contributed by atoms with Crippen molar-refractivity contribution >= 4 is 14.5 Å². The fourth-order valence-electron chi connectivity index (χ4n) is 0. The van der Waals surface area contributed by atoms with E-state index in [-0.39, 0.29) is 19.5 Å². The minimum absolute atomic E-state index is 0. The third kappa shape index (κ3) is 22.3. The topological polar surface area (TPSA) is 17.1 Å². The van der Waals surface area contributed by atoms with Gasteiger partial charge in [0.25, 0.3) is 0 Å². The molecule has 0 N–H and O–H groups in total. The number of hydrogen-bond donors (Lipinski definition) is 0. The van der Waals surface area contributed by atoms with Gasteiger partial charge in [0, 0.05) is 19.5 Å². The van der Waals surface area contributed by atoms with Gasteiger partial charge in [-0.3, -0.25) is 0 Å². The Labute approximate surface area is 39.4 Å². The molecule has 0 saturated heterocycles. The van der Waals surface area contributed by atoms with Crippen molar-refractivity contribution in [3.63, 3.8) is 0 Å². The molecule has 0 aliphatic rings. The molecule has 0 bridgehead atoms. The molecule has 0 spiro atoms. The molecule has 0 aliphatic carbocycles. The van der Waals surface area contributed by atoms with E-state index < -0.39 is 0 Å². The maximum atomic E-state index is 8.59. The minimum Gasteiger partial charge on any atom is -0.229 e. The predicted octanol–water partition coefficient (Wildman–Crippen LogP) is 0.194. The standard InChI is InChI=1S/CHOP.Ru/c2-1-3;/h3H;. The van der Waals surface area contributed by atoms with Crippen LogP contribution in [-0.2, 0) is 24.3 Å². The quantitative estimate of drug-likeness (QED) is 0.366. The van der Waals surface area contributed by atoms with Crippen LogP contribution in [0.3, 0.4) is 0 Å². The van der Waals surface area contributed by atoms with Gasteiger partial charge in [0.15, 0.2) is 0 Å². The first-order valence-electron chi connectivity index (χ1n) is 0.454. The van der Waals surface area contributed by atoms with Crippen molar-refractivity contribution in [1.29, 1.82) is 0 Å². The molecule has 0 aromatic heterocycles. The summed E-state index contributed by atoms with van der Waals surface area (Å²) in [7, 11) is 2.38. The van der Waals surface area contributed by atoms with E-state index in [1.54, 1.807) is 0 Å². The zero-order chi connectivity index (χ0) is 2.71. The largest absolute Gasteiger partial charge is 0.229 e. The SMILES string of the molecule is O=C=P.[Ru]. The van der Waals surface area contributed by atoms with Crippen LogP contribution in [0.5, 0.6) is 0 Å². The summed E-state index contributed by atoms with van der Waals surface area (Å²) in [6.07, 6.45) is 0. The van der Waals surface area contributed by atoms with Gasteiger partial charge in [-0.2, -0.15) is 0 Å². The molecule has 0 saturated carbocycles. The van der Waals surface area contributed by atoms with Gasteiger partial charge < -0.3 is 0 Å². The predicted molar refractivity (Wildman–Crippen MR) is 14.0 cm³/mol. The van der Waals surface area contributed by atoms with Crippen molar-refractivity contribution in [2.24, 2.45) is 0 Å². The molecular formula is CHOPRu. The second-order valence-corrected chi connectivity index (χ2v) is 0.306. The average molecular weight is 161 g/mol. The molecule has 0 fully saturated rings. The molecule has 0 rings (SSSR count). The molecule has 0 aromatic rings. The molecule has 0 atom stereocenters. The summed E-state index contributed by atoms with van der Waals surface area (Å²) in [4.78, 5) is 8.59. The molecule has 0 heterocycles. The molecule has 24 valence electrons. The molecule has 0 radical (unpaired) electrons. The van der Waals surface area contributed by atoms with Gasteiger partial charge >= 0.3 is 0 Å². The van der Waals surface area contributed by atoms with E-state index in [9.17, 15) is 0 Å². The molecule has 0 aliphatic heterocycles. The maximum Gasteiger partial charge on any atom is 0.146 e. The summed E-state index contributed by atoms with van der Waals surface area (Å²) in [5, 5.41) is 0. The van der Waals surface area contributed by atoms with Gasteiger partial charge in [-0.15, -0.1) is 0 Å². The van der Waals surface area contributed by atoms with E-state index in [4.69, 9.17) is 4.79 Å². The van der Waals surface area contributed by atoms with Crippen LogP contribution in [0.2, 0.25) is 0 Å². The van der Waals surface area contributed by atoms with Gasteiger partial charge in [0.05, 0.1) is 0 Å².